The van der Waals surface area contributed by atoms with E-state index in [1.807, 2.05) is 49.4 Å². The smallest absolute Gasteiger partial charge is 0.417 e. The van der Waals surface area contributed by atoms with Crippen LogP contribution in [0, 0.1) is 0 Å². The van der Waals surface area contributed by atoms with Gasteiger partial charge in [-0.25, -0.2) is 9.69 Å². The molecule has 2 amide bonds. The lowest BCUT2D eigenvalue weighted by Gasteiger charge is -2.22. The molecule has 2 atom stereocenters. The number of cyclic esters (lactones) is 1. The van der Waals surface area contributed by atoms with Crippen molar-refractivity contribution < 1.29 is 14.3 Å². The molecule has 3 aromatic rings. The molecule has 0 spiro atoms. The lowest BCUT2D eigenvalue weighted by atomic mass is 9.94. The first-order valence-electron chi connectivity index (χ1n) is 9.16. The predicted molar refractivity (Wildman–Crippen MR) is 104 cm³/mol. The van der Waals surface area contributed by atoms with Crippen molar-refractivity contribution in [2.75, 3.05) is 6.61 Å². The number of amides is 2. The van der Waals surface area contributed by atoms with Crippen LogP contribution in [0.4, 0.5) is 4.79 Å². The Balaban J connectivity index is 1.53. The first kappa shape index (κ1) is 17.3. The van der Waals surface area contributed by atoms with Crippen molar-refractivity contribution in [2.24, 2.45) is 0 Å². The third-order valence-electron chi connectivity index (χ3n) is 5.15. The average molecular weight is 359 g/mol. The number of carbonyl (C=O) groups is 2. The Hall–Kier alpha value is -3.14. The average Bonchev–Trinajstić information content (AvgIpc) is 3.09. The van der Waals surface area contributed by atoms with Gasteiger partial charge >= 0.3 is 6.09 Å². The predicted octanol–water partition coefficient (Wildman–Crippen LogP) is 5.05. The van der Waals surface area contributed by atoms with E-state index in [0.29, 0.717) is 0 Å². The Labute approximate surface area is 158 Å². The summed E-state index contributed by atoms with van der Waals surface area (Å²) in [5, 5.41) is 2.32. The molecule has 0 aromatic heterocycles. The second-order valence-corrected chi connectivity index (χ2v) is 6.98. The minimum atomic E-state index is -0.556. The normalized spacial score (nSPS) is 17.7. The van der Waals surface area contributed by atoms with Crippen LogP contribution in [0.5, 0.6) is 0 Å². The Morgan fingerprint density at radius 1 is 1.04 bits per heavy atom. The summed E-state index contributed by atoms with van der Waals surface area (Å²) >= 11 is 0. The molecule has 1 heterocycles. The van der Waals surface area contributed by atoms with E-state index in [0.717, 1.165) is 16.5 Å². The van der Waals surface area contributed by atoms with Gasteiger partial charge in [-0.1, -0.05) is 79.7 Å². The second kappa shape index (κ2) is 7.23. The highest BCUT2D eigenvalue weighted by Gasteiger charge is 2.39. The third kappa shape index (κ3) is 3.43. The van der Waals surface area contributed by atoms with Gasteiger partial charge in [0.2, 0.25) is 5.91 Å². The zero-order valence-corrected chi connectivity index (χ0v) is 15.2. The molecule has 0 N–H and O–H groups in total. The molecule has 0 aliphatic carbocycles. The molecule has 1 aliphatic rings. The molecule has 4 heteroatoms. The molecule has 136 valence electrons. The van der Waals surface area contributed by atoms with E-state index in [2.05, 4.69) is 30.3 Å². The monoisotopic (exact) mass is 359 g/mol. The van der Waals surface area contributed by atoms with Crippen LogP contribution in [0.1, 0.15) is 36.4 Å². The fraction of sp³-hybridized carbons (Fsp3) is 0.217. The number of benzene rings is 3. The molecular formula is C23H21NO3. The van der Waals surface area contributed by atoms with Crippen molar-refractivity contribution in [1.29, 1.82) is 0 Å². The van der Waals surface area contributed by atoms with Crippen molar-refractivity contribution in [3.63, 3.8) is 0 Å². The van der Waals surface area contributed by atoms with Crippen LogP contribution in [0.3, 0.4) is 0 Å². The SMILES string of the molecule is C[C@H](CC(=O)N1C(=O)OC[C@@H]1c1ccccc1)c1ccc2ccccc2c1. The molecule has 0 bridgehead atoms. The van der Waals surface area contributed by atoms with Gasteiger partial charge in [-0.2, -0.15) is 0 Å². The third-order valence-corrected chi connectivity index (χ3v) is 5.15. The van der Waals surface area contributed by atoms with Crippen molar-refractivity contribution in [3.05, 3.63) is 83.9 Å². The number of imide groups is 1. The van der Waals surface area contributed by atoms with Crippen molar-refractivity contribution in [2.45, 2.75) is 25.3 Å². The van der Waals surface area contributed by atoms with Crippen LogP contribution >= 0.6 is 0 Å². The van der Waals surface area contributed by atoms with Crippen molar-refractivity contribution in [1.82, 2.24) is 4.90 Å². The van der Waals surface area contributed by atoms with E-state index in [4.69, 9.17) is 4.74 Å². The van der Waals surface area contributed by atoms with Gasteiger partial charge in [0.15, 0.2) is 0 Å². The Morgan fingerprint density at radius 3 is 2.52 bits per heavy atom. The van der Waals surface area contributed by atoms with E-state index >= 15 is 0 Å². The van der Waals surface area contributed by atoms with Gasteiger partial charge < -0.3 is 4.74 Å². The molecule has 27 heavy (non-hydrogen) atoms. The summed E-state index contributed by atoms with van der Waals surface area (Å²) in [6.07, 6.45) is -0.295. The van der Waals surface area contributed by atoms with Gasteiger partial charge in [0.1, 0.15) is 12.6 Å². The minimum Gasteiger partial charge on any atom is -0.446 e. The molecule has 1 aliphatic heterocycles. The number of carbonyl (C=O) groups excluding carboxylic acids is 2. The molecule has 1 saturated heterocycles. The number of hydrogen-bond acceptors (Lipinski definition) is 3. The van der Waals surface area contributed by atoms with Crippen LogP contribution in [0.2, 0.25) is 0 Å². The number of nitrogens with zero attached hydrogens (tertiary/aromatic N) is 1. The Kier molecular flexibility index (Phi) is 4.63. The highest BCUT2D eigenvalue weighted by molar-refractivity contribution is 5.94. The summed E-state index contributed by atoms with van der Waals surface area (Å²) in [4.78, 5) is 26.4. The quantitative estimate of drug-likeness (QED) is 0.654. The number of fused-ring (bicyclic) bond motifs is 1. The molecule has 4 rings (SSSR count). The number of ether oxygens (including phenoxy) is 1. The van der Waals surface area contributed by atoms with E-state index in [-0.39, 0.29) is 30.9 Å². The largest absolute Gasteiger partial charge is 0.446 e. The fourth-order valence-corrected chi connectivity index (χ4v) is 3.61. The highest BCUT2D eigenvalue weighted by Crippen LogP contribution is 2.31. The summed E-state index contributed by atoms with van der Waals surface area (Å²) in [5.41, 5.74) is 2.00. The van der Waals surface area contributed by atoms with E-state index in [1.54, 1.807) is 0 Å². The van der Waals surface area contributed by atoms with Crippen LogP contribution in [-0.2, 0) is 9.53 Å². The fourth-order valence-electron chi connectivity index (χ4n) is 3.61. The second-order valence-electron chi connectivity index (χ2n) is 6.98. The van der Waals surface area contributed by atoms with E-state index in [1.165, 1.54) is 10.3 Å². The molecule has 1 fully saturated rings. The zero-order chi connectivity index (χ0) is 18.8. The summed E-state index contributed by atoms with van der Waals surface area (Å²) in [5.74, 6) is -0.195. The summed E-state index contributed by atoms with van der Waals surface area (Å²) in [7, 11) is 0. The standard InChI is InChI=1S/C23H21NO3/c1-16(19-12-11-17-7-5-6-10-20(17)14-19)13-22(25)24-21(15-27-23(24)26)18-8-3-2-4-9-18/h2-12,14,16,21H,13,15H2,1H3/t16-,21-/m1/s1. The van der Waals surface area contributed by atoms with Gasteiger partial charge in [0, 0.05) is 6.42 Å². The van der Waals surface area contributed by atoms with Gasteiger partial charge in [0.05, 0.1) is 0 Å². The first-order valence-corrected chi connectivity index (χ1v) is 9.16. The summed E-state index contributed by atoms with van der Waals surface area (Å²) in [6, 6.07) is 23.6. The lowest BCUT2D eigenvalue weighted by Crippen LogP contribution is -2.34. The molecule has 0 unspecified atom stereocenters. The Bertz CT molecular complexity index is 983. The van der Waals surface area contributed by atoms with E-state index < -0.39 is 6.09 Å². The van der Waals surface area contributed by atoms with Crippen molar-refractivity contribution in [3.8, 4) is 0 Å². The molecule has 3 aromatic carbocycles. The maximum atomic E-state index is 12.9. The summed E-state index contributed by atoms with van der Waals surface area (Å²) < 4.78 is 5.16. The Morgan fingerprint density at radius 2 is 1.74 bits per heavy atom. The molecule has 0 radical (unpaired) electrons. The van der Waals surface area contributed by atoms with Gasteiger partial charge in [-0.15, -0.1) is 0 Å². The topological polar surface area (TPSA) is 46.6 Å². The number of rotatable bonds is 4. The maximum Gasteiger partial charge on any atom is 0.417 e. The molecule has 0 saturated carbocycles. The minimum absolute atomic E-state index is 0.00642. The van der Waals surface area contributed by atoms with E-state index in [9.17, 15) is 9.59 Å². The van der Waals surface area contributed by atoms with Gasteiger partial charge in [0.25, 0.3) is 0 Å². The van der Waals surface area contributed by atoms with Crippen LogP contribution in [-0.4, -0.2) is 23.5 Å². The van der Waals surface area contributed by atoms with Crippen LogP contribution in [0.15, 0.2) is 72.8 Å². The first-order chi connectivity index (χ1) is 13.1. The lowest BCUT2D eigenvalue weighted by molar-refractivity contribution is -0.129. The molecular weight excluding hydrogens is 338 g/mol. The van der Waals surface area contributed by atoms with Crippen LogP contribution in [0.25, 0.3) is 10.8 Å². The zero-order valence-electron chi connectivity index (χ0n) is 15.2. The number of hydrogen-bond donors (Lipinski definition) is 0. The highest BCUT2D eigenvalue weighted by atomic mass is 16.6. The van der Waals surface area contributed by atoms with Gasteiger partial charge in [-0.3, -0.25) is 4.79 Å². The molecule has 4 nitrogen and oxygen atoms in total. The summed E-state index contributed by atoms with van der Waals surface area (Å²) in [6.45, 7) is 2.22. The van der Waals surface area contributed by atoms with Gasteiger partial charge in [-0.05, 0) is 27.8 Å². The van der Waals surface area contributed by atoms with Crippen molar-refractivity contribution >= 4 is 22.8 Å². The van der Waals surface area contributed by atoms with Crippen LogP contribution < -0.4 is 0 Å². The maximum absolute atomic E-state index is 12.9.